The van der Waals surface area contributed by atoms with Crippen LogP contribution in [0.3, 0.4) is 0 Å². The first-order valence-electron chi connectivity index (χ1n) is 8.60. The number of para-hydroxylation sites is 1. The minimum atomic E-state index is -0.322. The molecule has 0 atom stereocenters. The molecule has 4 rings (SSSR count). The summed E-state index contributed by atoms with van der Waals surface area (Å²) in [5.41, 5.74) is 1.57. The van der Waals surface area contributed by atoms with Crippen LogP contribution in [0.2, 0.25) is 0 Å². The van der Waals surface area contributed by atoms with Crippen molar-refractivity contribution >= 4 is 34.1 Å². The van der Waals surface area contributed by atoms with E-state index in [1.165, 1.54) is 35.2 Å². The van der Waals surface area contributed by atoms with Crippen molar-refractivity contribution in [2.45, 2.75) is 12.1 Å². The largest absolute Gasteiger partial charge is 0.300 e. The lowest BCUT2D eigenvalue weighted by Crippen LogP contribution is -2.14. The normalized spacial score (nSPS) is 10.8. The Labute approximate surface area is 174 Å². The number of nitrogens with one attached hydrogen (secondary N) is 1. The van der Waals surface area contributed by atoms with Gasteiger partial charge in [0.1, 0.15) is 10.8 Å². The number of hydrogen-bond donors (Lipinski definition) is 1. The number of thioether (sulfide) groups is 1. The molecular formula is C19H15FN6OS2. The number of carbonyl (C=O) groups is 1. The van der Waals surface area contributed by atoms with E-state index >= 15 is 0 Å². The van der Waals surface area contributed by atoms with E-state index in [1.807, 2.05) is 41.8 Å². The Kier molecular flexibility index (Phi) is 5.63. The standard InChI is InChI=1S/C19H15FN6OS2/c1-12-22-24-18(29-12)21-16(27)11-28-19-25-23-17(13-7-9-14(20)10-8-13)26(19)15-5-3-2-4-6-15/h2-10H,11H2,1H3,(H,21,24,27). The highest BCUT2D eigenvalue weighted by atomic mass is 32.2. The number of carbonyl (C=O) groups excluding carboxylic acids is 1. The summed E-state index contributed by atoms with van der Waals surface area (Å²) < 4.78 is 15.2. The topological polar surface area (TPSA) is 85.6 Å². The van der Waals surface area contributed by atoms with Gasteiger partial charge >= 0.3 is 0 Å². The molecule has 2 heterocycles. The monoisotopic (exact) mass is 426 g/mol. The molecule has 2 aromatic carbocycles. The van der Waals surface area contributed by atoms with Gasteiger partial charge in [0.2, 0.25) is 11.0 Å². The van der Waals surface area contributed by atoms with Crippen molar-refractivity contribution < 1.29 is 9.18 Å². The van der Waals surface area contributed by atoms with Gasteiger partial charge in [-0.2, -0.15) is 0 Å². The quantitative estimate of drug-likeness (QED) is 0.470. The van der Waals surface area contributed by atoms with E-state index in [-0.39, 0.29) is 17.5 Å². The van der Waals surface area contributed by atoms with Crippen LogP contribution >= 0.6 is 23.1 Å². The summed E-state index contributed by atoms with van der Waals surface area (Å²) in [6, 6.07) is 15.6. The van der Waals surface area contributed by atoms with Gasteiger partial charge in [-0.05, 0) is 43.3 Å². The molecule has 29 heavy (non-hydrogen) atoms. The van der Waals surface area contributed by atoms with Gasteiger partial charge in [0.05, 0.1) is 5.75 Å². The van der Waals surface area contributed by atoms with Crippen molar-refractivity contribution in [3.63, 3.8) is 0 Å². The Morgan fingerprint density at radius 3 is 2.52 bits per heavy atom. The van der Waals surface area contributed by atoms with Crippen LogP contribution in [0.25, 0.3) is 17.1 Å². The van der Waals surface area contributed by atoms with Gasteiger partial charge in [-0.1, -0.05) is 41.3 Å². The predicted octanol–water partition coefficient (Wildman–Crippen LogP) is 3.96. The number of aromatic nitrogens is 5. The Bertz CT molecular complexity index is 1130. The van der Waals surface area contributed by atoms with Crippen LogP contribution < -0.4 is 5.32 Å². The molecule has 0 aliphatic rings. The summed E-state index contributed by atoms with van der Waals surface area (Å²) in [5, 5.41) is 20.8. The van der Waals surface area contributed by atoms with E-state index in [1.54, 1.807) is 12.1 Å². The maximum absolute atomic E-state index is 13.3. The zero-order valence-corrected chi connectivity index (χ0v) is 16.9. The number of benzene rings is 2. The Morgan fingerprint density at radius 2 is 1.83 bits per heavy atom. The summed E-state index contributed by atoms with van der Waals surface area (Å²) in [5.74, 6) is 0.168. The van der Waals surface area contributed by atoms with Crippen LogP contribution in [0.15, 0.2) is 59.8 Å². The molecule has 2 aromatic heterocycles. The van der Waals surface area contributed by atoms with Crippen LogP contribution in [0.1, 0.15) is 5.01 Å². The minimum absolute atomic E-state index is 0.132. The molecule has 0 saturated carbocycles. The lowest BCUT2D eigenvalue weighted by Gasteiger charge is -2.10. The van der Waals surface area contributed by atoms with E-state index in [4.69, 9.17) is 0 Å². The molecule has 4 aromatic rings. The number of halogens is 1. The van der Waals surface area contributed by atoms with E-state index in [9.17, 15) is 9.18 Å². The van der Waals surface area contributed by atoms with Gasteiger partial charge in [0.15, 0.2) is 11.0 Å². The van der Waals surface area contributed by atoms with Crippen LogP contribution in [0.5, 0.6) is 0 Å². The SMILES string of the molecule is Cc1nnc(NC(=O)CSc2nnc(-c3ccc(F)cc3)n2-c2ccccc2)s1. The molecule has 1 N–H and O–H groups in total. The minimum Gasteiger partial charge on any atom is -0.300 e. The third-order valence-electron chi connectivity index (χ3n) is 3.85. The third kappa shape index (κ3) is 4.49. The maximum Gasteiger partial charge on any atom is 0.236 e. The zero-order chi connectivity index (χ0) is 20.2. The summed E-state index contributed by atoms with van der Waals surface area (Å²) in [6.07, 6.45) is 0. The summed E-state index contributed by atoms with van der Waals surface area (Å²) in [4.78, 5) is 12.3. The summed E-state index contributed by atoms with van der Waals surface area (Å²) in [7, 11) is 0. The van der Waals surface area contributed by atoms with Gasteiger partial charge in [-0.15, -0.1) is 20.4 Å². The highest BCUT2D eigenvalue weighted by Crippen LogP contribution is 2.28. The first kappa shape index (κ1) is 19.2. The van der Waals surface area contributed by atoms with E-state index in [0.717, 1.165) is 16.3 Å². The van der Waals surface area contributed by atoms with Crippen LogP contribution in [-0.2, 0) is 4.79 Å². The average Bonchev–Trinajstić information content (AvgIpc) is 3.33. The van der Waals surface area contributed by atoms with Crippen LogP contribution in [0, 0.1) is 12.7 Å². The van der Waals surface area contributed by atoms with Gasteiger partial charge in [0, 0.05) is 11.3 Å². The van der Waals surface area contributed by atoms with Crippen molar-refractivity contribution in [3.8, 4) is 17.1 Å². The Hall–Kier alpha value is -3.11. The lowest BCUT2D eigenvalue weighted by molar-refractivity contribution is -0.113. The van der Waals surface area contributed by atoms with Crippen LogP contribution in [0.4, 0.5) is 9.52 Å². The second-order valence-electron chi connectivity index (χ2n) is 5.95. The van der Waals surface area contributed by atoms with Crippen molar-refractivity contribution in [1.29, 1.82) is 0 Å². The number of anilines is 1. The molecule has 0 unspecified atom stereocenters. The molecular weight excluding hydrogens is 411 g/mol. The number of amides is 1. The first-order valence-corrected chi connectivity index (χ1v) is 10.4. The van der Waals surface area contributed by atoms with Gasteiger partial charge < -0.3 is 0 Å². The molecule has 1 amide bonds. The fourth-order valence-electron chi connectivity index (χ4n) is 2.59. The summed E-state index contributed by atoms with van der Waals surface area (Å²) in [6.45, 7) is 1.82. The van der Waals surface area contributed by atoms with Gasteiger partial charge in [-0.25, -0.2) is 4.39 Å². The van der Waals surface area contributed by atoms with Crippen molar-refractivity contribution in [1.82, 2.24) is 25.0 Å². The third-order valence-corrected chi connectivity index (χ3v) is 5.54. The molecule has 0 radical (unpaired) electrons. The number of nitrogens with zero attached hydrogens (tertiary/aromatic N) is 5. The number of rotatable bonds is 6. The number of aryl methyl sites for hydroxylation is 1. The molecule has 10 heteroatoms. The second-order valence-corrected chi connectivity index (χ2v) is 8.07. The Morgan fingerprint density at radius 1 is 1.07 bits per heavy atom. The highest BCUT2D eigenvalue weighted by Gasteiger charge is 2.17. The lowest BCUT2D eigenvalue weighted by atomic mass is 10.2. The van der Waals surface area contributed by atoms with Gasteiger partial charge in [0.25, 0.3) is 0 Å². The smallest absolute Gasteiger partial charge is 0.236 e. The van der Waals surface area contributed by atoms with E-state index < -0.39 is 0 Å². The van der Waals surface area contributed by atoms with E-state index in [0.29, 0.717) is 16.1 Å². The fraction of sp³-hybridized carbons (Fsp3) is 0.105. The molecule has 0 spiro atoms. The van der Waals surface area contributed by atoms with Gasteiger partial charge in [-0.3, -0.25) is 14.7 Å². The molecule has 0 fully saturated rings. The molecule has 7 nitrogen and oxygen atoms in total. The van der Waals surface area contributed by atoms with Crippen molar-refractivity contribution in [2.24, 2.45) is 0 Å². The highest BCUT2D eigenvalue weighted by molar-refractivity contribution is 7.99. The molecule has 146 valence electrons. The van der Waals surface area contributed by atoms with Crippen LogP contribution in [-0.4, -0.2) is 36.6 Å². The van der Waals surface area contributed by atoms with Crippen molar-refractivity contribution in [2.75, 3.05) is 11.1 Å². The Balaban J connectivity index is 1.59. The summed E-state index contributed by atoms with van der Waals surface area (Å²) >= 11 is 2.57. The molecule has 0 aliphatic heterocycles. The van der Waals surface area contributed by atoms with Crippen molar-refractivity contribution in [3.05, 3.63) is 65.4 Å². The zero-order valence-electron chi connectivity index (χ0n) is 15.2. The molecule has 0 bridgehead atoms. The predicted molar refractivity (Wildman–Crippen MR) is 111 cm³/mol. The molecule has 0 saturated heterocycles. The first-order chi connectivity index (χ1) is 14.1. The number of hydrogen-bond acceptors (Lipinski definition) is 7. The fourth-order valence-corrected chi connectivity index (χ4v) is 3.95. The van der Waals surface area contributed by atoms with E-state index in [2.05, 4.69) is 25.7 Å². The second kappa shape index (κ2) is 8.50. The average molecular weight is 427 g/mol. The maximum atomic E-state index is 13.3. The molecule has 0 aliphatic carbocycles.